The molecule has 0 atom stereocenters. The maximum absolute atomic E-state index is 12.4. The minimum absolute atomic E-state index is 0.200. The van der Waals surface area contributed by atoms with Crippen LogP contribution in [0.3, 0.4) is 0 Å². The number of rotatable bonds is 4. The predicted molar refractivity (Wildman–Crippen MR) is 64.4 cm³/mol. The van der Waals surface area contributed by atoms with Gasteiger partial charge in [-0.2, -0.15) is 10.3 Å². The number of hydrogen-bond acceptors (Lipinski definition) is 3. The molecule has 1 aromatic heterocycles. The number of halogens is 3. The van der Waals surface area contributed by atoms with Gasteiger partial charge >= 0.3 is 0 Å². The molecule has 1 heterocycles. The van der Waals surface area contributed by atoms with E-state index in [0.717, 1.165) is 0 Å². The Hall–Kier alpha value is -1.74. The van der Waals surface area contributed by atoms with Crippen molar-refractivity contribution in [1.29, 1.82) is 5.26 Å². The second-order valence-electron chi connectivity index (χ2n) is 3.52. The summed E-state index contributed by atoms with van der Waals surface area (Å²) in [5.41, 5.74) is 0.715. The Morgan fingerprint density at radius 2 is 2.33 bits per heavy atom. The second kappa shape index (κ2) is 6.87. The third-order valence-electron chi connectivity index (χ3n) is 2.19. The Morgan fingerprint density at radius 1 is 1.61 bits per heavy atom. The van der Waals surface area contributed by atoms with Gasteiger partial charge in [0.15, 0.2) is 0 Å². The van der Waals surface area contributed by atoms with E-state index in [1.54, 1.807) is 18.3 Å². The third-order valence-corrected chi connectivity index (χ3v) is 2.41. The van der Waals surface area contributed by atoms with Crippen LogP contribution in [0.15, 0.2) is 23.3 Å². The standard InChI is InChI=1S/C11H11ClF2N4/c1-8(17-7-15)18(6-11(13)14)5-9-2-3-10(12)16-4-9/h2-4,11H,5-6H2,1H3. The highest BCUT2D eigenvalue weighted by molar-refractivity contribution is 6.29. The van der Waals surface area contributed by atoms with Gasteiger partial charge in [-0.3, -0.25) is 0 Å². The van der Waals surface area contributed by atoms with Crippen molar-refractivity contribution in [1.82, 2.24) is 9.88 Å². The first-order valence-electron chi connectivity index (χ1n) is 5.10. The lowest BCUT2D eigenvalue weighted by Gasteiger charge is -2.22. The normalized spacial score (nSPS) is 11.4. The van der Waals surface area contributed by atoms with Crippen LogP contribution in [0, 0.1) is 11.5 Å². The fraction of sp³-hybridized carbons (Fsp3) is 0.364. The largest absolute Gasteiger partial charge is 0.349 e. The molecule has 0 radical (unpaired) electrons. The SMILES string of the molecule is CC(=NC#N)N(Cc1ccc(Cl)nc1)CC(F)F. The van der Waals surface area contributed by atoms with Gasteiger partial charge in [0.25, 0.3) is 6.43 Å². The van der Waals surface area contributed by atoms with Crippen molar-refractivity contribution < 1.29 is 8.78 Å². The molecule has 7 heteroatoms. The van der Waals surface area contributed by atoms with Gasteiger partial charge < -0.3 is 4.90 Å². The van der Waals surface area contributed by atoms with Crippen molar-refractivity contribution in [3.8, 4) is 6.19 Å². The van der Waals surface area contributed by atoms with Crippen molar-refractivity contribution >= 4 is 17.4 Å². The smallest absolute Gasteiger partial charge is 0.255 e. The van der Waals surface area contributed by atoms with Crippen LogP contribution in [0.25, 0.3) is 0 Å². The van der Waals surface area contributed by atoms with Crippen molar-refractivity contribution in [2.24, 2.45) is 4.99 Å². The summed E-state index contributed by atoms with van der Waals surface area (Å²) in [6.07, 6.45) is 0.576. The lowest BCUT2D eigenvalue weighted by molar-refractivity contribution is 0.113. The van der Waals surface area contributed by atoms with Crippen molar-refractivity contribution in [3.63, 3.8) is 0 Å². The van der Waals surface area contributed by atoms with E-state index in [0.29, 0.717) is 10.7 Å². The minimum atomic E-state index is -2.51. The van der Waals surface area contributed by atoms with Crippen LogP contribution in [0.5, 0.6) is 0 Å². The summed E-state index contributed by atoms with van der Waals surface area (Å²) >= 11 is 5.63. The first-order chi connectivity index (χ1) is 8.52. The number of pyridine rings is 1. The zero-order chi connectivity index (χ0) is 13.5. The molecule has 0 aromatic carbocycles. The lowest BCUT2D eigenvalue weighted by atomic mass is 10.2. The molecule has 0 saturated carbocycles. The fourth-order valence-corrected chi connectivity index (χ4v) is 1.45. The van der Waals surface area contributed by atoms with E-state index in [1.807, 2.05) is 0 Å². The Kier molecular flexibility index (Phi) is 5.46. The molecule has 18 heavy (non-hydrogen) atoms. The van der Waals surface area contributed by atoms with Crippen molar-refractivity contribution in [3.05, 3.63) is 29.0 Å². The highest BCUT2D eigenvalue weighted by Gasteiger charge is 2.14. The van der Waals surface area contributed by atoms with E-state index in [9.17, 15) is 8.78 Å². The lowest BCUT2D eigenvalue weighted by Crippen LogP contribution is -2.32. The molecular weight excluding hydrogens is 262 g/mol. The molecule has 0 saturated heterocycles. The van der Waals surface area contributed by atoms with Gasteiger partial charge in [-0.1, -0.05) is 17.7 Å². The topological polar surface area (TPSA) is 52.3 Å². The van der Waals surface area contributed by atoms with Crippen molar-refractivity contribution in [2.75, 3.05) is 6.54 Å². The monoisotopic (exact) mass is 272 g/mol. The molecule has 0 aliphatic heterocycles. The molecule has 0 aliphatic carbocycles. The van der Waals surface area contributed by atoms with Gasteiger partial charge in [0.05, 0.1) is 6.54 Å². The number of aromatic nitrogens is 1. The van der Waals surface area contributed by atoms with Gasteiger partial charge in [-0.05, 0) is 18.6 Å². The van der Waals surface area contributed by atoms with Crippen LogP contribution in [-0.2, 0) is 6.54 Å². The molecule has 1 aromatic rings. The van der Waals surface area contributed by atoms with E-state index in [4.69, 9.17) is 16.9 Å². The molecule has 0 N–H and O–H groups in total. The summed E-state index contributed by atoms with van der Waals surface area (Å²) in [7, 11) is 0. The predicted octanol–water partition coefficient (Wildman–Crippen LogP) is 2.70. The number of nitrogens with zero attached hydrogens (tertiary/aromatic N) is 4. The van der Waals surface area contributed by atoms with Crippen LogP contribution in [0.2, 0.25) is 5.15 Å². The molecule has 96 valence electrons. The maximum Gasteiger partial charge on any atom is 0.255 e. The van der Waals surface area contributed by atoms with Crippen LogP contribution in [-0.4, -0.2) is 28.7 Å². The fourth-order valence-electron chi connectivity index (χ4n) is 1.34. The molecular formula is C11H11ClF2N4. The van der Waals surface area contributed by atoms with Crippen LogP contribution in [0.4, 0.5) is 8.78 Å². The molecule has 0 unspecified atom stereocenters. The highest BCUT2D eigenvalue weighted by atomic mass is 35.5. The van der Waals surface area contributed by atoms with Gasteiger partial charge in [-0.15, -0.1) is 0 Å². The van der Waals surface area contributed by atoms with Gasteiger partial charge in [0.2, 0.25) is 6.19 Å². The van der Waals surface area contributed by atoms with Crippen molar-refractivity contribution in [2.45, 2.75) is 19.9 Å². The maximum atomic E-state index is 12.4. The van der Waals surface area contributed by atoms with Crippen LogP contribution >= 0.6 is 11.6 Å². The third kappa shape index (κ3) is 4.63. The average molecular weight is 273 g/mol. The van der Waals surface area contributed by atoms with Crippen LogP contribution in [0.1, 0.15) is 12.5 Å². The Labute approximate surface area is 109 Å². The van der Waals surface area contributed by atoms with Gasteiger partial charge in [-0.25, -0.2) is 13.8 Å². The van der Waals surface area contributed by atoms with E-state index < -0.39 is 13.0 Å². The Bertz CT molecular complexity index is 453. The number of alkyl halides is 2. The summed E-state index contributed by atoms with van der Waals surface area (Å²) in [6, 6.07) is 3.27. The minimum Gasteiger partial charge on any atom is -0.349 e. The van der Waals surface area contributed by atoms with E-state index in [1.165, 1.54) is 18.0 Å². The first-order valence-corrected chi connectivity index (χ1v) is 5.47. The van der Waals surface area contributed by atoms with Gasteiger partial charge in [0, 0.05) is 12.7 Å². The quantitative estimate of drug-likeness (QED) is 0.366. The summed E-state index contributed by atoms with van der Waals surface area (Å²) < 4.78 is 24.9. The number of amidine groups is 1. The first kappa shape index (κ1) is 14.3. The number of hydrogen-bond donors (Lipinski definition) is 0. The molecule has 4 nitrogen and oxygen atoms in total. The summed E-state index contributed by atoms with van der Waals surface area (Å²) in [5, 5.41) is 8.78. The second-order valence-corrected chi connectivity index (χ2v) is 3.91. The van der Waals surface area contributed by atoms with E-state index >= 15 is 0 Å². The summed E-state index contributed by atoms with van der Waals surface area (Å²) in [6.45, 7) is 1.22. The zero-order valence-corrected chi connectivity index (χ0v) is 10.4. The summed E-state index contributed by atoms with van der Waals surface area (Å²) in [4.78, 5) is 8.64. The van der Waals surface area contributed by atoms with Gasteiger partial charge in [0.1, 0.15) is 11.0 Å². The van der Waals surface area contributed by atoms with E-state index in [2.05, 4.69) is 9.98 Å². The molecule has 0 spiro atoms. The number of nitriles is 1. The number of aliphatic imine (C=N–C) groups is 1. The molecule has 0 amide bonds. The molecule has 1 rings (SSSR count). The molecule has 0 bridgehead atoms. The average Bonchev–Trinajstić information content (AvgIpc) is 2.31. The van der Waals surface area contributed by atoms with Crippen LogP contribution < -0.4 is 0 Å². The Morgan fingerprint density at radius 3 is 2.83 bits per heavy atom. The highest BCUT2D eigenvalue weighted by Crippen LogP contribution is 2.10. The van der Waals surface area contributed by atoms with E-state index in [-0.39, 0.29) is 12.4 Å². The molecule has 0 fully saturated rings. The zero-order valence-electron chi connectivity index (χ0n) is 9.65. The molecule has 0 aliphatic rings. The Balaban J connectivity index is 2.81. The summed E-state index contributed by atoms with van der Waals surface area (Å²) in [5.74, 6) is 0.243.